The number of hydrogen-bond acceptors (Lipinski definition) is 35. The average Bonchev–Trinajstić information content (AvgIpc) is 1.59. The molecule has 4 atom stereocenters. The zero-order valence-corrected chi connectivity index (χ0v) is 86.2. The first-order valence-corrected chi connectivity index (χ1v) is 53.6. The third kappa shape index (κ3) is 33.8. The molecule has 13 rings (SSSR count). The summed E-state index contributed by atoms with van der Waals surface area (Å²) in [5, 5.41) is 23.5. The molecule has 36 nitrogen and oxygen atoms in total. The summed E-state index contributed by atoms with van der Waals surface area (Å²) < 4.78 is 14.7. The number of halogens is 1. The summed E-state index contributed by atoms with van der Waals surface area (Å²) in [7, 11) is 9.25. The van der Waals surface area contributed by atoms with Crippen LogP contribution >= 0.6 is 84.4 Å². The van der Waals surface area contributed by atoms with Crippen LogP contribution in [-0.4, -0.2) is 276 Å². The molecular weight excluding hydrogens is 1920 g/mol. The van der Waals surface area contributed by atoms with Crippen molar-refractivity contribution in [2.24, 2.45) is 0 Å². The maximum atomic E-state index is 12.4. The number of carbonyl (C=O) groups is 9. The average molecular weight is 2050 g/mol. The van der Waals surface area contributed by atoms with Gasteiger partial charge >= 0.3 is 30.4 Å². The van der Waals surface area contributed by atoms with E-state index in [1.165, 1.54) is 76.1 Å². The Kier molecular flexibility index (Phi) is 52.2. The molecule has 4 unspecified atom stereocenters. The minimum atomic E-state index is -1.46. The van der Waals surface area contributed by atoms with E-state index in [1.54, 1.807) is 69.4 Å². The Morgan fingerprint density at radius 1 is 0.522 bits per heavy atom. The number of aliphatic hydroxyl groups excluding tert-OH is 2. The fourth-order valence-electron chi connectivity index (χ4n) is 14.5. The van der Waals surface area contributed by atoms with Crippen LogP contribution in [0.1, 0.15) is 201 Å². The van der Waals surface area contributed by atoms with Crippen LogP contribution < -0.4 is 35.3 Å². The number of fused-ring (bicyclic) bond motifs is 8. The van der Waals surface area contributed by atoms with Crippen LogP contribution in [0.2, 0.25) is 18.1 Å². The molecule has 49 heteroatoms. The number of thiazole rings is 5. The van der Waals surface area contributed by atoms with Crippen LogP contribution in [0.25, 0.3) is 0 Å². The number of aliphatic hydroxyl groups is 2. The van der Waals surface area contributed by atoms with Gasteiger partial charge in [0.05, 0.1) is 142 Å². The number of amides is 2. The Morgan fingerprint density at radius 3 is 1.46 bits per heavy atom. The molecular formula is C85H128B5BrN15O21S6Si. The highest BCUT2D eigenvalue weighted by atomic mass is 79.9. The van der Waals surface area contributed by atoms with Gasteiger partial charge in [0.1, 0.15) is 12.1 Å². The number of urea groups is 1. The van der Waals surface area contributed by atoms with E-state index in [0.29, 0.717) is 151 Å². The smallest absolute Gasteiger partial charge is 0.345 e. The number of thioether (sulfide) groups is 1. The lowest BCUT2D eigenvalue weighted by Gasteiger charge is -2.36. The van der Waals surface area contributed by atoms with E-state index in [-0.39, 0.29) is 91.5 Å². The standard InChI is InChI=1S/C15H23BN3O3S.C14H21BN3O3S.C13H17N3O4S.C11H16BN2O3S.C11H14BN2O3S.C9H21BrOSi.C8H7BNO3S.C4H9NO/c1-4-6-7-19-13-10-18(16-11-20)9-12(14(13)23-15(19)21)17(3)22-8-5-2;1-3-5-6-18-12-9-17(15-10-19)8-11(16-21-7-4-2)13(12)22-14(18)20;1-2-6-20-16-10-8-14(12(16)18)7-9-11(10)21-13(19)15(9)4-3-5-17;2*1-2-3-4-14-8-5-13(12-7-15)6-9(16)10(8)18-11(14)17;1-9(2,3)12(4,5)11-8-6-7-10;11-4-9-10-2-5-1-7(13)14-8(5)6(12)3-10;1-3-4-6-5-2/h5,11-12H,2,4,6-10H2,1,3H3;4,10-11,16H,2-3,5-9H2,1H3;2,10,17H,1,3-8H2;7,9,16H,2-6H2,1H3;7H,2-6H2,1H3;6-8H2,1-5H3;4H,1-3H2;3,5H,1,4H2,2H3. The lowest BCUT2D eigenvalue weighted by molar-refractivity contribution is -0.162. The van der Waals surface area contributed by atoms with Crippen LogP contribution in [0.15, 0.2) is 85.1 Å². The van der Waals surface area contributed by atoms with Gasteiger partial charge in [-0.25, -0.2) is 10.3 Å². The number of alkyl halides is 1. The van der Waals surface area contributed by atoms with Gasteiger partial charge in [-0.3, -0.25) is 57.7 Å². The van der Waals surface area contributed by atoms with Crippen LogP contribution in [0.5, 0.6) is 0 Å². The zero-order valence-electron chi connectivity index (χ0n) is 78.8. The predicted octanol–water partition coefficient (Wildman–Crippen LogP) is 7.81. The Hall–Kier alpha value is -6.75. The summed E-state index contributed by atoms with van der Waals surface area (Å²) >= 11 is 10.3. The molecule has 1 saturated heterocycles. The van der Waals surface area contributed by atoms with Gasteiger partial charge in [-0.1, -0.05) is 171 Å². The van der Waals surface area contributed by atoms with Crippen molar-refractivity contribution in [1.29, 1.82) is 0 Å². The number of unbranched alkanes of at least 4 members (excludes halogenated alkanes) is 4. The van der Waals surface area contributed by atoms with E-state index >= 15 is 0 Å². The second-order valence-electron chi connectivity index (χ2n) is 33.0. The van der Waals surface area contributed by atoms with Crippen LogP contribution in [0.4, 0.5) is 4.79 Å². The molecule has 1 fully saturated rings. The van der Waals surface area contributed by atoms with Gasteiger partial charge in [-0.05, 0) is 74.0 Å². The highest BCUT2D eigenvalue weighted by molar-refractivity contribution is 9.09. The molecule has 0 saturated carbocycles. The Bertz CT molecular complexity index is 5050. The SMILES string of the molecule is C=CCON(C)C1CN([B]C=O)Cc2c1sc(=O)n2CCCC.C=CCON1C(=O)N2Cc3c(sc(=O)n3CCCO)C1C2.C=CCONC.C=CCONC1CN([B]C=O)Cc2c1sc(=O)n2CCCC.CC(C)(C)[Si](C)(C)OCCCBr.CCCCn1c2c(sc1=O)C(=O)CN([B]C=O)C2.CCCCn1c2c(sc1=O)C(O)CN([B]C=O)C2.O=C[B]N1CC(=O)C2=C(CC(=O)S2)C1. The quantitative estimate of drug-likeness (QED) is 0.00721. The Labute approximate surface area is 821 Å². The van der Waals surface area contributed by atoms with Gasteiger partial charge in [-0.2, -0.15) is 15.6 Å². The second-order valence-corrected chi connectivity index (χ2v) is 44.6. The van der Waals surface area contributed by atoms with Gasteiger partial charge < -0.3 is 90.4 Å². The van der Waals surface area contributed by atoms with Gasteiger partial charge in [0.2, 0.25) is 0 Å². The van der Waals surface area contributed by atoms with Crippen LogP contribution in [0.3, 0.4) is 0 Å². The summed E-state index contributed by atoms with van der Waals surface area (Å²) in [6.07, 6.45) is 19.4. The summed E-state index contributed by atoms with van der Waals surface area (Å²) in [6.45, 7) is 45.4. The molecule has 0 spiro atoms. The number of hydroxylamine groups is 6. The van der Waals surface area contributed by atoms with Gasteiger partial charge in [-0.15, -0.1) is 26.3 Å². The first-order chi connectivity index (χ1) is 64.3. The second kappa shape index (κ2) is 60.3. The summed E-state index contributed by atoms with van der Waals surface area (Å²) in [6, 6.07) is -0.600. The minimum Gasteiger partial charge on any atom is -0.417 e. The van der Waals surface area contributed by atoms with Gasteiger partial charge in [0.15, 0.2) is 25.0 Å². The molecule has 5 aromatic rings. The summed E-state index contributed by atoms with van der Waals surface area (Å²) in [5.74, 6) is -0.133. The molecule has 731 valence electrons. The first-order valence-electron chi connectivity index (χ1n) is 44.7. The number of hydrogen-bond donors (Lipinski definition) is 4. The molecule has 2 bridgehead atoms. The topological polar surface area (TPSA) is 400 Å². The van der Waals surface area contributed by atoms with Crippen molar-refractivity contribution in [1.82, 2.24) is 72.9 Å². The molecule has 8 aliphatic heterocycles. The third-order valence-electron chi connectivity index (χ3n) is 22.3. The van der Waals surface area contributed by atoms with Gasteiger partial charge in [0, 0.05) is 136 Å². The molecule has 134 heavy (non-hydrogen) atoms. The summed E-state index contributed by atoms with van der Waals surface area (Å²) in [5.41, 5.74) is 10.8. The van der Waals surface area contributed by atoms with Crippen molar-refractivity contribution in [3.8, 4) is 0 Å². The van der Waals surface area contributed by atoms with Crippen LogP contribution in [0, 0.1) is 0 Å². The predicted molar refractivity (Wildman–Crippen MR) is 540 cm³/mol. The lowest BCUT2D eigenvalue weighted by Crippen LogP contribution is -2.43. The fourth-order valence-corrected chi connectivity index (χ4v) is 22.1. The van der Waals surface area contributed by atoms with Crippen molar-refractivity contribution in [2.45, 2.75) is 227 Å². The monoisotopic (exact) mass is 2050 g/mol. The fraction of sp³-hybridized carbons (Fsp3) is 0.600. The van der Waals surface area contributed by atoms with E-state index in [2.05, 4.69) is 120 Å². The highest BCUT2D eigenvalue weighted by Crippen LogP contribution is 2.42. The number of aromatic nitrogens is 5. The largest absolute Gasteiger partial charge is 0.417 e. The molecule has 0 aromatic carbocycles. The number of likely N-dealkylation sites (N-methyl/N-ethyl adjacent to an activating group) is 1. The van der Waals surface area contributed by atoms with E-state index < -0.39 is 14.4 Å². The molecule has 4 N–H and O–H groups in total. The summed E-state index contributed by atoms with van der Waals surface area (Å²) in [4.78, 5) is 196. The number of carbonyl (C=O) groups excluding carboxylic acids is 9. The van der Waals surface area contributed by atoms with Crippen molar-refractivity contribution >= 4 is 183 Å². The highest BCUT2D eigenvalue weighted by Gasteiger charge is 2.47. The van der Waals surface area contributed by atoms with E-state index in [4.69, 9.17) is 24.0 Å². The molecule has 13 heterocycles. The normalized spacial score (nSPS) is 17.8. The Balaban J connectivity index is 0.000000240. The van der Waals surface area contributed by atoms with Crippen molar-refractivity contribution < 1.29 is 77.1 Å². The van der Waals surface area contributed by atoms with E-state index in [0.717, 1.165) is 183 Å². The van der Waals surface area contributed by atoms with Crippen LogP contribution in [-0.2, 0) is 123 Å². The van der Waals surface area contributed by atoms with E-state index in [1.807, 2.05) is 25.8 Å². The molecule has 5 radical (unpaired) electrons. The minimum absolute atomic E-state index is 0.0135. The van der Waals surface area contributed by atoms with Crippen molar-refractivity contribution in [3.63, 3.8) is 0 Å². The molecule has 5 aromatic heterocycles. The number of nitrogens with zero attached hydrogens (tertiary/aromatic N) is 13. The Morgan fingerprint density at radius 2 is 0.963 bits per heavy atom. The zero-order chi connectivity index (χ0) is 98.8. The molecule has 2 amide bonds. The maximum Gasteiger partial charge on any atom is 0.345 e. The molecule has 8 aliphatic rings. The van der Waals surface area contributed by atoms with Crippen molar-refractivity contribution in [2.75, 3.05) is 105 Å². The molecule has 0 aliphatic carbocycles. The van der Waals surface area contributed by atoms with Crippen molar-refractivity contribution in [3.05, 3.63) is 162 Å². The lowest BCUT2D eigenvalue weighted by atomic mass is 9.90. The number of rotatable bonds is 43. The number of nitrogens with one attached hydrogen (secondary N) is 2. The number of β-amino-alcohol motifs (C(OH)–C–C–N with tert-alkyl or cyclic N) is 1. The maximum absolute atomic E-state index is 12.4. The number of Topliss-reactive ketones (excluding diaryl/α,β-unsaturated/α-hetero) is 2. The first kappa shape index (κ1) is 116. The van der Waals surface area contributed by atoms with Gasteiger partial charge in [0.25, 0.3) is 37.1 Å². The van der Waals surface area contributed by atoms with E-state index in [9.17, 15) is 72.2 Å². The number of ketones is 2. The third-order valence-corrected chi connectivity index (χ3v) is 34.0.